The molecule has 1 aromatic rings. The predicted molar refractivity (Wildman–Crippen MR) is 77.8 cm³/mol. The van der Waals surface area contributed by atoms with E-state index < -0.39 is 0 Å². The highest BCUT2D eigenvalue weighted by atomic mass is 16.3. The lowest BCUT2D eigenvalue weighted by Crippen LogP contribution is -2.53. The molecule has 3 rings (SSSR count). The monoisotopic (exact) mass is 274 g/mol. The lowest BCUT2D eigenvalue weighted by molar-refractivity contribution is 0.0317. The van der Waals surface area contributed by atoms with Crippen LogP contribution in [0.5, 0.6) is 5.75 Å². The molecule has 2 fully saturated rings. The highest BCUT2D eigenvalue weighted by molar-refractivity contribution is 5.94. The molecule has 0 aromatic heterocycles. The van der Waals surface area contributed by atoms with E-state index in [-0.39, 0.29) is 11.7 Å². The van der Waals surface area contributed by atoms with Crippen LogP contribution in [-0.2, 0) is 0 Å². The van der Waals surface area contributed by atoms with Gasteiger partial charge in [-0.25, -0.2) is 0 Å². The Morgan fingerprint density at radius 3 is 2.70 bits per heavy atom. The maximum absolute atomic E-state index is 12.5. The fourth-order valence-corrected chi connectivity index (χ4v) is 3.62. The molecule has 4 nitrogen and oxygen atoms in total. The fraction of sp³-hybridized carbons (Fsp3) is 0.562. The first-order valence-corrected chi connectivity index (χ1v) is 7.43. The van der Waals surface area contributed by atoms with E-state index in [4.69, 9.17) is 0 Å². The number of hydrogen-bond acceptors (Lipinski definition) is 3. The van der Waals surface area contributed by atoms with Crippen LogP contribution in [0.25, 0.3) is 0 Å². The quantitative estimate of drug-likeness (QED) is 0.851. The van der Waals surface area contributed by atoms with E-state index in [1.807, 2.05) is 4.90 Å². The van der Waals surface area contributed by atoms with Crippen LogP contribution in [0.15, 0.2) is 24.3 Å². The molecule has 0 spiro atoms. The second kappa shape index (κ2) is 5.44. The molecule has 0 aliphatic carbocycles. The summed E-state index contributed by atoms with van der Waals surface area (Å²) in [7, 11) is 2.20. The van der Waals surface area contributed by atoms with Gasteiger partial charge in [0.2, 0.25) is 0 Å². The van der Waals surface area contributed by atoms with Crippen LogP contribution in [0.2, 0.25) is 0 Å². The SMILES string of the molecule is CN1CCCC2CN(C(=O)c3ccc(O)cc3)CCC21. The van der Waals surface area contributed by atoms with Crippen molar-refractivity contribution in [2.45, 2.75) is 25.3 Å². The third-order valence-corrected chi connectivity index (χ3v) is 4.75. The normalized spacial score (nSPS) is 27.1. The number of hydrogen-bond donors (Lipinski definition) is 1. The molecule has 1 N–H and O–H groups in total. The lowest BCUT2D eigenvalue weighted by Gasteiger charge is -2.46. The van der Waals surface area contributed by atoms with Crippen LogP contribution in [0.4, 0.5) is 0 Å². The Kier molecular flexibility index (Phi) is 3.66. The van der Waals surface area contributed by atoms with Crippen molar-refractivity contribution in [2.75, 3.05) is 26.7 Å². The smallest absolute Gasteiger partial charge is 0.253 e. The zero-order valence-electron chi connectivity index (χ0n) is 12.0. The van der Waals surface area contributed by atoms with Crippen LogP contribution in [-0.4, -0.2) is 53.5 Å². The third kappa shape index (κ3) is 2.52. The van der Waals surface area contributed by atoms with E-state index in [2.05, 4.69) is 11.9 Å². The standard InChI is InChI=1S/C16H22N2O2/c1-17-9-2-3-13-11-18(10-8-15(13)17)16(20)12-4-6-14(19)7-5-12/h4-7,13,15,19H,2-3,8-11H2,1H3. The summed E-state index contributed by atoms with van der Waals surface area (Å²) in [5.41, 5.74) is 0.672. The maximum atomic E-state index is 12.5. The Labute approximate surface area is 120 Å². The highest BCUT2D eigenvalue weighted by Crippen LogP contribution is 2.30. The Hall–Kier alpha value is -1.55. The van der Waals surface area contributed by atoms with E-state index in [0.717, 1.165) is 19.5 Å². The van der Waals surface area contributed by atoms with E-state index in [1.165, 1.54) is 19.4 Å². The number of amides is 1. The summed E-state index contributed by atoms with van der Waals surface area (Å²) in [6.45, 7) is 2.90. The molecule has 2 aliphatic rings. The zero-order valence-corrected chi connectivity index (χ0v) is 12.0. The van der Waals surface area contributed by atoms with Crippen molar-refractivity contribution in [1.29, 1.82) is 0 Å². The number of carbonyl (C=O) groups is 1. The van der Waals surface area contributed by atoms with Crippen LogP contribution >= 0.6 is 0 Å². The number of phenols is 1. The van der Waals surface area contributed by atoms with Crippen molar-refractivity contribution in [2.24, 2.45) is 5.92 Å². The zero-order chi connectivity index (χ0) is 14.1. The number of fused-ring (bicyclic) bond motifs is 1. The minimum Gasteiger partial charge on any atom is -0.508 e. The number of rotatable bonds is 1. The average Bonchev–Trinajstić information content (AvgIpc) is 2.47. The molecular formula is C16H22N2O2. The first-order chi connectivity index (χ1) is 9.65. The van der Waals surface area contributed by atoms with Gasteiger partial charge in [0.05, 0.1) is 0 Å². The van der Waals surface area contributed by atoms with Gasteiger partial charge in [0, 0.05) is 24.7 Å². The van der Waals surface area contributed by atoms with Crippen LogP contribution < -0.4 is 0 Å². The molecule has 2 heterocycles. The largest absolute Gasteiger partial charge is 0.508 e. The summed E-state index contributed by atoms with van der Waals surface area (Å²) in [5.74, 6) is 0.911. The fourth-order valence-electron chi connectivity index (χ4n) is 3.62. The first kappa shape index (κ1) is 13.4. The van der Waals surface area contributed by atoms with Gasteiger partial charge in [-0.1, -0.05) is 0 Å². The van der Waals surface area contributed by atoms with Crippen LogP contribution in [0, 0.1) is 5.92 Å². The van der Waals surface area contributed by atoms with Crippen molar-refractivity contribution in [3.63, 3.8) is 0 Å². The third-order valence-electron chi connectivity index (χ3n) is 4.75. The molecule has 2 atom stereocenters. The molecule has 1 amide bonds. The van der Waals surface area contributed by atoms with Crippen LogP contribution in [0.3, 0.4) is 0 Å². The second-order valence-electron chi connectivity index (χ2n) is 6.04. The highest BCUT2D eigenvalue weighted by Gasteiger charge is 2.35. The number of nitrogens with zero attached hydrogens (tertiary/aromatic N) is 2. The molecule has 0 saturated carbocycles. The minimum atomic E-state index is 0.0941. The number of carbonyl (C=O) groups excluding carboxylic acids is 1. The Bertz CT molecular complexity index is 486. The molecule has 2 saturated heterocycles. The molecule has 4 heteroatoms. The van der Waals surface area contributed by atoms with E-state index in [1.54, 1.807) is 24.3 Å². The summed E-state index contributed by atoms with van der Waals surface area (Å²) in [6, 6.07) is 7.21. The van der Waals surface area contributed by atoms with Gasteiger partial charge >= 0.3 is 0 Å². The predicted octanol–water partition coefficient (Wildman–Crippen LogP) is 1.95. The topological polar surface area (TPSA) is 43.8 Å². The van der Waals surface area contributed by atoms with Crippen molar-refractivity contribution in [1.82, 2.24) is 9.80 Å². The second-order valence-corrected chi connectivity index (χ2v) is 6.04. The Morgan fingerprint density at radius 1 is 1.20 bits per heavy atom. The summed E-state index contributed by atoms with van der Waals surface area (Å²) in [6.07, 6.45) is 3.54. The average molecular weight is 274 g/mol. The molecular weight excluding hydrogens is 252 g/mol. The summed E-state index contributed by atoms with van der Waals surface area (Å²) < 4.78 is 0. The van der Waals surface area contributed by atoms with Crippen molar-refractivity contribution in [3.05, 3.63) is 29.8 Å². The van der Waals surface area contributed by atoms with Gasteiger partial charge in [-0.3, -0.25) is 4.79 Å². The number of aromatic hydroxyl groups is 1. The van der Waals surface area contributed by atoms with Gasteiger partial charge in [0.25, 0.3) is 5.91 Å². The molecule has 20 heavy (non-hydrogen) atoms. The van der Waals surface area contributed by atoms with Gasteiger partial charge < -0.3 is 14.9 Å². The molecule has 0 radical (unpaired) electrons. The van der Waals surface area contributed by atoms with Gasteiger partial charge in [-0.15, -0.1) is 0 Å². The first-order valence-electron chi connectivity index (χ1n) is 7.43. The lowest BCUT2D eigenvalue weighted by atomic mass is 9.84. The molecule has 0 bridgehead atoms. The number of likely N-dealkylation sites (tertiary alicyclic amines) is 2. The van der Waals surface area contributed by atoms with Crippen molar-refractivity contribution in [3.8, 4) is 5.75 Å². The molecule has 1 aromatic carbocycles. The van der Waals surface area contributed by atoms with Crippen molar-refractivity contribution >= 4 is 5.91 Å². The summed E-state index contributed by atoms with van der Waals surface area (Å²) in [5, 5.41) is 9.30. The van der Waals surface area contributed by atoms with Gasteiger partial charge in [-0.2, -0.15) is 0 Å². The van der Waals surface area contributed by atoms with E-state index >= 15 is 0 Å². The van der Waals surface area contributed by atoms with Crippen LogP contribution in [0.1, 0.15) is 29.6 Å². The Balaban J connectivity index is 1.69. The van der Waals surface area contributed by atoms with Gasteiger partial charge in [0.1, 0.15) is 5.75 Å². The minimum absolute atomic E-state index is 0.0941. The van der Waals surface area contributed by atoms with Gasteiger partial charge in [-0.05, 0) is 63.0 Å². The maximum Gasteiger partial charge on any atom is 0.253 e. The number of phenolic OH excluding ortho intramolecular Hbond substituents is 1. The summed E-state index contributed by atoms with van der Waals surface area (Å²) in [4.78, 5) is 16.9. The van der Waals surface area contributed by atoms with E-state index in [0.29, 0.717) is 17.5 Å². The number of benzene rings is 1. The summed E-state index contributed by atoms with van der Waals surface area (Å²) >= 11 is 0. The molecule has 108 valence electrons. The van der Waals surface area contributed by atoms with Crippen molar-refractivity contribution < 1.29 is 9.90 Å². The van der Waals surface area contributed by atoms with Gasteiger partial charge in [0.15, 0.2) is 0 Å². The number of piperidine rings is 2. The molecule has 2 aliphatic heterocycles. The Morgan fingerprint density at radius 2 is 1.95 bits per heavy atom. The van der Waals surface area contributed by atoms with E-state index in [9.17, 15) is 9.90 Å². The molecule has 2 unspecified atom stereocenters.